The second-order valence-electron chi connectivity index (χ2n) is 7.37. The van der Waals surface area contributed by atoms with Gasteiger partial charge in [0.1, 0.15) is 0 Å². The van der Waals surface area contributed by atoms with E-state index in [1.54, 1.807) is 0 Å². The quantitative estimate of drug-likeness (QED) is 0.209. The summed E-state index contributed by atoms with van der Waals surface area (Å²) in [5.41, 5.74) is 11.0. The summed E-state index contributed by atoms with van der Waals surface area (Å²) >= 11 is 0. The van der Waals surface area contributed by atoms with Gasteiger partial charge in [-0.15, -0.1) is 11.1 Å². The molecular formula is C28H25Cl2SiTi. The second kappa shape index (κ2) is 13.8. The van der Waals surface area contributed by atoms with Crippen LogP contribution in [0.5, 0.6) is 0 Å². The Kier molecular flexibility index (Phi) is 12.3. The molecule has 0 fully saturated rings. The molecule has 4 aromatic carbocycles. The van der Waals surface area contributed by atoms with E-state index in [2.05, 4.69) is 98.0 Å². The summed E-state index contributed by atoms with van der Waals surface area (Å²) in [6.45, 7) is 4.42. The van der Waals surface area contributed by atoms with Crippen molar-refractivity contribution in [2.75, 3.05) is 0 Å². The fourth-order valence-corrected chi connectivity index (χ4v) is 4.00. The van der Waals surface area contributed by atoms with Crippen molar-refractivity contribution >= 4 is 9.52 Å². The van der Waals surface area contributed by atoms with E-state index >= 15 is 0 Å². The van der Waals surface area contributed by atoms with Gasteiger partial charge in [-0.05, 0) is 12.8 Å². The van der Waals surface area contributed by atoms with Crippen LogP contribution < -0.4 is 24.8 Å². The first kappa shape index (κ1) is 28.4. The van der Waals surface area contributed by atoms with Gasteiger partial charge in [-0.2, -0.15) is 59.7 Å². The number of hydrogen-bond acceptors (Lipinski definition) is 0. The number of benzene rings is 4. The third-order valence-electron chi connectivity index (χ3n) is 5.23. The summed E-state index contributed by atoms with van der Waals surface area (Å²) in [6.07, 6.45) is 2.10. The number of halogens is 2. The molecular weight excluding hydrogens is 483 g/mol. The van der Waals surface area contributed by atoms with Gasteiger partial charge in [0.15, 0.2) is 0 Å². The molecule has 2 aliphatic carbocycles. The fourth-order valence-electron chi connectivity index (χ4n) is 4.00. The number of hydrogen-bond donors (Lipinski definition) is 0. The summed E-state index contributed by atoms with van der Waals surface area (Å²) in [7, 11) is 0.750. The molecule has 4 heteroatoms. The molecule has 0 unspecified atom stereocenters. The Labute approximate surface area is 222 Å². The maximum atomic E-state index is 3.30. The molecule has 32 heavy (non-hydrogen) atoms. The minimum atomic E-state index is 0. The maximum Gasteiger partial charge on any atom is 4.00 e. The molecule has 0 nitrogen and oxygen atoms in total. The maximum absolute atomic E-state index is 3.30. The normalized spacial score (nSPS) is 10.6. The van der Waals surface area contributed by atoms with Gasteiger partial charge in [0.05, 0.1) is 0 Å². The summed E-state index contributed by atoms with van der Waals surface area (Å²) < 4.78 is 0. The summed E-state index contributed by atoms with van der Waals surface area (Å²) in [5.74, 6) is 0. The van der Waals surface area contributed by atoms with Crippen LogP contribution in [-0.4, -0.2) is 9.52 Å². The molecule has 0 bridgehead atoms. The van der Waals surface area contributed by atoms with E-state index in [0.29, 0.717) is 0 Å². The monoisotopic (exact) mass is 507 g/mol. The van der Waals surface area contributed by atoms with Crippen LogP contribution in [0.4, 0.5) is 0 Å². The molecule has 2 aliphatic rings. The minimum Gasteiger partial charge on any atom is -1.00 e. The second-order valence-corrected chi connectivity index (χ2v) is 8.52. The van der Waals surface area contributed by atoms with Crippen molar-refractivity contribution < 1.29 is 46.5 Å². The zero-order valence-corrected chi connectivity index (χ0v) is 22.6. The van der Waals surface area contributed by atoms with Gasteiger partial charge in [-0.1, -0.05) is 83.9 Å². The van der Waals surface area contributed by atoms with Gasteiger partial charge in [0.25, 0.3) is 0 Å². The molecule has 0 spiro atoms. The number of fused-ring (bicyclic) bond motifs is 6. The van der Waals surface area contributed by atoms with Crippen LogP contribution in [0.15, 0.2) is 84.9 Å². The van der Waals surface area contributed by atoms with Crippen molar-refractivity contribution in [2.24, 2.45) is 0 Å². The van der Waals surface area contributed by atoms with Crippen LogP contribution in [0.2, 0.25) is 13.1 Å². The largest absolute Gasteiger partial charge is 4.00 e. The Morgan fingerprint density at radius 1 is 0.562 bits per heavy atom. The van der Waals surface area contributed by atoms with Gasteiger partial charge in [0.2, 0.25) is 0 Å². The number of rotatable bonds is 0. The molecule has 159 valence electrons. The average molecular weight is 508 g/mol. The van der Waals surface area contributed by atoms with Crippen LogP contribution in [0.3, 0.4) is 0 Å². The molecule has 0 N–H and O–H groups in total. The Balaban J connectivity index is 0.000000264. The first-order valence-corrected chi connectivity index (χ1v) is 12.5. The first-order valence-electron chi connectivity index (χ1n) is 10.2. The van der Waals surface area contributed by atoms with E-state index in [9.17, 15) is 0 Å². The molecule has 0 heterocycles. The van der Waals surface area contributed by atoms with Crippen LogP contribution in [-0.2, 0) is 34.6 Å². The average Bonchev–Trinajstić information content (AvgIpc) is 3.33. The van der Waals surface area contributed by atoms with E-state index < -0.39 is 0 Å². The summed E-state index contributed by atoms with van der Waals surface area (Å²) in [4.78, 5) is 0. The molecule has 0 saturated heterocycles. The molecule has 0 atom stereocenters. The molecule has 0 aromatic heterocycles. The van der Waals surface area contributed by atoms with Crippen LogP contribution in [0.1, 0.15) is 22.3 Å². The predicted molar refractivity (Wildman–Crippen MR) is 126 cm³/mol. The van der Waals surface area contributed by atoms with Crippen molar-refractivity contribution in [3.05, 3.63) is 119 Å². The zero-order chi connectivity index (χ0) is 20.1. The van der Waals surface area contributed by atoms with Gasteiger partial charge in [-0.25, -0.2) is 0 Å². The van der Waals surface area contributed by atoms with Crippen molar-refractivity contribution in [2.45, 2.75) is 25.9 Å². The van der Waals surface area contributed by atoms with Crippen LogP contribution >= 0.6 is 0 Å². The predicted octanol–water partition coefficient (Wildman–Crippen LogP) is 0.641. The fraction of sp³-hybridized carbons (Fsp3) is 0.143. The van der Waals surface area contributed by atoms with Gasteiger partial charge >= 0.3 is 21.7 Å². The summed E-state index contributed by atoms with van der Waals surface area (Å²) in [6, 6.07) is 36.2. The smallest absolute Gasteiger partial charge is 1.00 e. The van der Waals surface area contributed by atoms with Crippen molar-refractivity contribution in [1.29, 1.82) is 0 Å². The van der Waals surface area contributed by atoms with Gasteiger partial charge in [-0.3, -0.25) is 0 Å². The Bertz CT molecular complexity index is 951. The van der Waals surface area contributed by atoms with E-state index in [-0.39, 0.29) is 46.5 Å². The van der Waals surface area contributed by atoms with E-state index in [1.807, 2.05) is 12.1 Å². The SMILES string of the molecule is C[SiH]C.[Cl-].[Cl-].[Ti+4].[c-]1cccc2c1Cc1ccccc1-2.[c-]1cccc2c1Cc1ccccc1-2. The Hall–Kier alpha value is -1.61. The van der Waals surface area contributed by atoms with E-state index in [0.717, 1.165) is 22.4 Å². The molecule has 6 rings (SSSR count). The molecule has 0 amide bonds. The standard InChI is InChI=1S/2C13H9.C2H7Si.2ClH.Ti/c2*1-3-7-12-10(5-1)9-11-6-2-4-8-13(11)12;1-3-2;;;/h2*1-5,7-8H,9H2;3H,1-2H3;2*1H;/q2*-1;;;;+4/p-2. The van der Waals surface area contributed by atoms with Crippen molar-refractivity contribution in [3.63, 3.8) is 0 Å². The third-order valence-corrected chi connectivity index (χ3v) is 5.23. The first-order chi connectivity index (χ1) is 14.3. The van der Waals surface area contributed by atoms with Gasteiger partial charge in [0, 0.05) is 9.52 Å². The van der Waals surface area contributed by atoms with Crippen molar-refractivity contribution in [1.82, 2.24) is 0 Å². The summed E-state index contributed by atoms with van der Waals surface area (Å²) in [5, 5.41) is 0. The van der Waals surface area contributed by atoms with Gasteiger partial charge < -0.3 is 24.8 Å². The Morgan fingerprint density at radius 2 is 0.906 bits per heavy atom. The molecule has 4 aromatic rings. The molecule has 1 radical (unpaired) electrons. The molecule has 0 saturated carbocycles. The topological polar surface area (TPSA) is 0 Å². The van der Waals surface area contributed by atoms with Crippen molar-refractivity contribution in [3.8, 4) is 22.3 Å². The Morgan fingerprint density at radius 3 is 1.31 bits per heavy atom. The minimum absolute atomic E-state index is 0. The van der Waals surface area contributed by atoms with Crippen LogP contribution in [0.25, 0.3) is 22.3 Å². The van der Waals surface area contributed by atoms with E-state index in [1.165, 1.54) is 44.5 Å². The van der Waals surface area contributed by atoms with Crippen LogP contribution in [0, 0.1) is 12.1 Å². The zero-order valence-electron chi connectivity index (χ0n) is 18.3. The third kappa shape index (κ3) is 6.25. The molecule has 0 aliphatic heterocycles. The van der Waals surface area contributed by atoms with E-state index in [4.69, 9.17) is 0 Å².